The fourth-order valence-corrected chi connectivity index (χ4v) is 4.23. The maximum Gasteiger partial charge on any atom is 0.242 e. The summed E-state index contributed by atoms with van der Waals surface area (Å²) in [6.45, 7) is 3.05. The lowest BCUT2D eigenvalue weighted by molar-refractivity contribution is 0.0585. The highest BCUT2D eigenvalue weighted by molar-refractivity contribution is 7.89. The fourth-order valence-electron chi connectivity index (χ4n) is 2.37. The van der Waals surface area contributed by atoms with Crippen molar-refractivity contribution in [2.24, 2.45) is 5.92 Å². The topological polar surface area (TPSA) is 81.4 Å². The molecule has 0 amide bonds. The van der Waals surface area contributed by atoms with Crippen LogP contribution >= 0.6 is 11.6 Å². The first kappa shape index (κ1) is 16.5. The van der Waals surface area contributed by atoms with E-state index < -0.39 is 15.8 Å². The van der Waals surface area contributed by atoms with Gasteiger partial charge in [-0.3, -0.25) is 0 Å². The number of hydrogen-bond acceptors (Lipinski definition) is 4. The molecular weight excluding hydrogens is 319 g/mol. The summed E-state index contributed by atoms with van der Waals surface area (Å²) in [5.74, 6) is -0.540. The third-order valence-electron chi connectivity index (χ3n) is 3.65. The van der Waals surface area contributed by atoms with Crippen molar-refractivity contribution >= 4 is 27.3 Å². The molecule has 0 aromatic heterocycles. The van der Waals surface area contributed by atoms with Gasteiger partial charge in [0.05, 0.1) is 10.7 Å². The minimum atomic E-state index is -3.85. The molecule has 0 aliphatic carbocycles. The van der Waals surface area contributed by atoms with Crippen LogP contribution in [0.15, 0.2) is 17.0 Å². The van der Waals surface area contributed by atoms with Crippen LogP contribution < -0.4 is 10.5 Å². The van der Waals surface area contributed by atoms with Crippen molar-refractivity contribution in [3.8, 4) is 0 Å². The predicted molar refractivity (Wildman–Crippen MR) is 79.1 cm³/mol. The molecule has 0 bridgehead atoms. The highest BCUT2D eigenvalue weighted by Gasteiger charge is 2.27. The molecule has 0 spiro atoms. The Bertz CT molecular complexity index is 618. The van der Waals surface area contributed by atoms with E-state index in [1.807, 2.05) is 0 Å². The van der Waals surface area contributed by atoms with E-state index >= 15 is 0 Å². The summed E-state index contributed by atoms with van der Waals surface area (Å²) in [5.41, 5.74) is 5.17. The number of halogens is 2. The number of benzene rings is 1. The van der Waals surface area contributed by atoms with E-state index in [2.05, 4.69) is 4.72 Å². The standard InChI is InChI=1S/C13H18ClFN2O3S/c1-8(9-2-4-20-5-3-9)17-21(18,19)13-7-12(16)11(15)6-10(13)14/h6-9,17H,2-5,16H2,1H3. The maximum atomic E-state index is 13.3. The molecule has 1 aliphatic heterocycles. The second-order valence-corrected chi connectivity index (χ2v) is 7.25. The molecule has 1 fully saturated rings. The minimum Gasteiger partial charge on any atom is -0.396 e. The number of ether oxygens (including phenoxy) is 1. The summed E-state index contributed by atoms with van der Waals surface area (Å²) in [6.07, 6.45) is 1.59. The lowest BCUT2D eigenvalue weighted by Crippen LogP contribution is -2.40. The number of rotatable bonds is 4. The van der Waals surface area contributed by atoms with Gasteiger partial charge in [0.15, 0.2) is 0 Å². The molecule has 1 aliphatic rings. The number of anilines is 1. The quantitative estimate of drug-likeness (QED) is 0.825. The summed E-state index contributed by atoms with van der Waals surface area (Å²) in [4.78, 5) is -0.207. The van der Waals surface area contributed by atoms with Gasteiger partial charge in [-0.05, 0) is 37.8 Å². The van der Waals surface area contributed by atoms with Crippen molar-refractivity contribution in [3.05, 3.63) is 23.0 Å². The van der Waals surface area contributed by atoms with E-state index in [1.54, 1.807) is 6.92 Å². The number of hydrogen-bond donors (Lipinski definition) is 2. The molecular formula is C13H18ClFN2O3S. The van der Waals surface area contributed by atoms with Gasteiger partial charge in [0.1, 0.15) is 10.7 Å². The normalized spacial score (nSPS) is 18.6. The van der Waals surface area contributed by atoms with Gasteiger partial charge in [-0.25, -0.2) is 17.5 Å². The van der Waals surface area contributed by atoms with E-state index in [4.69, 9.17) is 22.1 Å². The SMILES string of the molecule is CC(NS(=O)(=O)c1cc(N)c(F)cc1Cl)C1CCOCC1. The van der Waals surface area contributed by atoms with Gasteiger partial charge in [-0.2, -0.15) is 0 Å². The zero-order chi connectivity index (χ0) is 15.6. The van der Waals surface area contributed by atoms with E-state index in [1.165, 1.54) is 0 Å². The lowest BCUT2D eigenvalue weighted by Gasteiger charge is -2.28. The molecule has 0 radical (unpaired) electrons. The smallest absolute Gasteiger partial charge is 0.242 e. The molecule has 8 heteroatoms. The highest BCUT2D eigenvalue weighted by atomic mass is 35.5. The number of nitrogens with two attached hydrogens (primary N) is 1. The molecule has 1 unspecified atom stereocenters. The lowest BCUT2D eigenvalue weighted by atomic mass is 9.94. The average Bonchev–Trinajstić information content (AvgIpc) is 2.43. The molecule has 3 N–H and O–H groups in total. The van der Waals surface area contributed by atoms with Crippen molar-refractivity contribution in [2.75, 3.05) is 18.9 Å². The Balaban J connectivity index is 2.20. The molecule has 1 aromatic rings. The van der Waals surface area contributed by atoms with Crippen LogP contribution in [0.5, 0.6) is 0 Å². The Hall–Kier alpha value is -0.890. The van der Waals surface area contributed by atoms with Crippen molar-refractivity contribution in [3.63, 3.8) is 0 Å². The molecule has 118 valence electrons. The predicted octanol–water partition coefficient (Wildman–Crippen LogP) is 2.15. The van der Waals surface area contributed by atoms with Gasteiger partial charge in [-0.1, -0.05) is 11.6 Å². The molecule has 1 saturated heterocycles. The molecule has 1 aromatic carbocycles. The second-order valence-electron chi connectivity index (χ2n) is 5.16. The van der Waals surface area contributed by atoms with Crippen LogP contribution in [0.2, 0.25) is 5.02 Å². The third-order valence-corrected chi connectivity index (χ3v) is 5.68. The zero-order valence-electron chi connectivity index (χ0n) is 11.6. The first-order chi connectivity index (χ1) is 9.81. The van der Waals surface area contributed by atoms with Crippen molar-refractivity contribution in [1.29, 1.82) is 0 Å². The van der Waals surface area contributed by atoms with Gasteiger partial charge >= 0.3 is 0 Å². The van der Waals surface area contributed by atoms with Crippen LogP contribution in [-0.4, -0.2) is 27.7 Å². The van der Waals surface area contributed by atoms with Crippen LogP contribution in [0.4, 0.5) is 10.1 Å². The van der Waals surface area contributed by atoms with Gasteiger partial charge in [0.25, 0.3) is 0 Å². The highest BCUT2D eigenvalue weighted by Crippen LogP contribution is 2.27. The van der Waals surface area contributed by atoms with Crippen LogP contribution in [0.1, 0.15) is 19.8 Å². The van der Waals surface area contributed by atoms with Gasteiger partial charge < -0.3 is 10.5 Å². The monoisotopic (exact) mass is 336 g/mol. The molecule has 1 atom stereocenters. The largest absolute Gasteiger partial charge is 0.396 e. The van der Waals surface area contributed by atoms with Crippen LogP contribution in [0.25, 0.3) is 0 Å². The Kier molecular flexibility index (Phi) is 5.08. The second kappa shape index (κ2) is 6.48. The van der Waals surface area contributed by atoms with Gasteiger partial charge in [0, 0.05) is 19.3 Å². The minimum absolute atomic E-state index is 0.187. The van der Waals surface area contributed by atoms with Crippen molar-refractivity contribution in [2.45, 2.75) is 30.7 Å². The van der Waals surface area contributed by atoms with E-state index in [0.29, 0.717) is 13.2 Å². The van der Waals surface area contributed by atoms with Crippen LogP contribution in [-0.2, 0) is 14.8 Å². The van der Waals surface area contributed by atoms with Crippen LogP contribution in [0, 0.1) is 11.7 Å². The molecule has 5 nitrogen and oxygen atoms in total. The van der Waals surface area contributed by atoms with E-state index in [9.17, 15) is 12.8 Å². The van der Waals surface area contributed by atoms with Crippen molar-refractivity contribution in [1.82, 2.24) is 4.72 Å². The zero-order valence-corrected chi connectivity index (χ0v) is 13.2. The summed E-state index contributed by atoms with van der Waals surface area (Å²) in [7, 11) is -3.85. The first-order valence-corrected chi connectivity index (χ1v) is 8.52. The van der Waals surface area contributed by atoms with Crippen LogP contribution in [0.3, 0.4) is 0 Å². The fraction of sp³-hybridized carbons (Fsp3) is 0.538. The molecule has 1 heterocycles. The first-order valence-electron chi connectivity index (χ1n) is 6.66. The van der Waals surface area contributed by atoms with Crippen molar-refractivity contribution < 1.29 is 17.5 Å². The number of nitrogens with one attached hydrogen (secondary N) is 1. The van der Waals surface area contributed by atoms with E-state index in [-0.39, 0.29) is 27.6 Å². The number of sulfonamides is 1. The number of nitrogen functional groups attached to an aromatic ring is 1. The Morgan fingerprint density at radius 1 is 1.43 bits per heavy atom. The summed E-state index contributed by atoms with van der Waals surface area (Å²) < 4.78 is 45.8. The molecule has 0 saturated carbocycles. The third kappa shape index (κ3) is 3.85. The Labute approximate surface area is 128 Å². The summed E-state index contributed by atoms with van der Waals surface area (Å²) >= 11 is 5.82. The van der Waals surface area contributed by atoms with Gasteiger partial charge in [0.2, 0.25) is 10.0 Å². The summed E-state index contributed by atoms with van der Waals surface area (Å²) in [5, 5.41) is -0.187. The Morgan fingerprint density at radius 2 is 2.05 bits per heavy atom. The van der Waals surface area contributed by atoms with Gasteiger partial charge in [-0.15, -0.1) is 0 Å². The summed E-state index contributed by atoms with van der Waals surface area (Å²) in [6, 6.07) is 1.68. The van der Waals surface area contributed by atoms with E-state index in [0.717, 1.165) is 25.0 Å². The molecule has 2 rings (SSSR count). The average molecular weight is 337 g/mol. The Morgan fingerprint density at radius 3 is 2.67 bits per heavy atom. The maximum absolute atomic E-state index is 13.3. The molecule has 21 heavy (non-hydrogen) atoms.